The summed E-state index contributed by atoms with van der Waals surface area (Å²) in [6.07, 6.45) is 3.31. The topological polar surface area (TPSA) is 63.8 Å². The van der Waals surface area contributed by atoms with Crippen molar-refractivity contribution in [2.45, 2.75) is 17.5 Å². The number of aromatic nitrogens is 2. The Bertz CT molecular complexity index is 701. The highest BCUT2D eigenvalue weighted by atomic mass is 32.2. The number of nitrogens with zero attached hydrogens (tertiary/aromatic N) is 1. The summed E-state index contributed by atoms with van der Waals surface area (Å²) in [7, 11) is 0. The van der Waals surface area contributed by atoms with E-state index >= 15 is 0 Å². The third kappa shape index (κ3) is 3.69. The SMILES string of the molecule is [O-][S+](Cc1ccccc1NCc1ccccc1)c1ncc[nH]1. The first-order valence-electron chi connectivity index (χ1n) is 7.06. The highest BCUT2D eigenvalue weighted by Gasteiger charge is 2.16. The zero-order chi connectivity index (χ0) is 15.2. The Morgan fingerprint density at radius 3 is 2.59 bits per heavy atom. The third-order valence-electron chi connectivity index (χ3n) is 3.32. The van der Waals surface area contributed by atoms with Crippen LogP contribution in [0.2, 0.25) is 0 Å². The summed E-state index contributed by atoms with van der Waals surface area (Å²) < 4.78 is 12.3. The molecule has 3 rings (SSSR count). The lowest BCUT2D eigenvalue weighted by molar-refractivity contribution is 0.587. The monoisotopic (exact) mass is 311 g/mol. The molecule has 0 spiro atoms. The molecular weight excluding hydrogens is 294 g/mol. The van der Waals surface area contributed by atoms with Crippen molar-refractivity contribution in [2.24, 2.45) is 0 Å². The first-order valence-corrected chi connectivity index (χ1v) is 8.38. The zero-order valence-corrected chi connectivity index (χ0v) is 12.8. The predicted octanol–water partition coefficient (Wildman–Crippen LogP) is 3.33. The first kappa shape index (κ1) is 14.7. The Morgan fingerprint density at radius 1 is 1.05 bits per heavy atom. The number of aromatic amines is 1. The maximum atomic E-state index is 12.3. The lowest BCUT2D eigenvalue weighted by Crippen LogP contribution is -2.09. The van der Waals surface area contributed by atoms with Gasteiger partial charge in [-0.15, -0.1) is 0 Å². The van der Waals surface area contributed by atoms with E-state index in [0.29, 0.717) is 10.9 Å². The Hall–Kier alpha value is -2.24. The minimum absolute atomic E-state index is 0.436. The van der Waals surface area contributed by atoms with Crippen molar-refractivity contribution in [3.8, 4) is 0 Å². The Morgan fingerprint density at radius 2 is 1.82 bits per heavy atom. The maximum absolute atomic E-state index is 12.3. The third-order valence-corrected chi connectivity index (χ3v) is 4.55. The summed E-state index contributed by atoms with van der Waals surface area (Å²) in [5, 5.41) is 3.93. The van der Waals surface area contributed by atoms with Crippen molar-refractivity contribution in [2.75, 3.05) is 5.32 Å². The van der Waals surface area contributed by atoms with Gasteiger partial charge in [-0.2, -0.15) is 4.98 Å². The summed E-state index contributed by atoms with van der Waals surface area (Å²) in [5.74, 6) is 0.436. The van der Waals surface area contributed by atoms with Gasteiger partial charge in [0.05, 0.1) is 0 Å². The van der Waals surface area contributed by atoms with Crippen molar-refractivity contribution in [3.05, 3.63) is 78.1 Å². The molecule has 22 heavy (non-hydrogen) atoms. The minimum atomic E-state index is -1.17. The highest BCUT2D eigenvalue weighted by Crippen LogP contribution is 2.21. The second kappa shape index (κ2) is 7.15. The van der Waals surface area contributed by atoms with Crippen LogP contribution in [0.25, 0.3) is 0 Å². The number of nitrogens with one attached hydrogen (secondary N) is 2. The summed E-state index contributed by atoms with van der Waals surface area (Å²) >= 11 is -1.17. The molecule has 0 amide bonds. The van der Waals surface area contributed by atoms with Gasteiger partial charge in [0.2, 0.25) is 0 Å². The second-order valence-corrected chi connectivity index (χ2v) is 6.25. The van der Waals surface area contributed by atoms with Gasteiger partial charge in [0.1, 0.15) is 5.75 Å². The number of hydrogen-bond donors (Lipinski definition) is 2. The quantitative estimate of drug-likeness (QED) is 0.686. The predicted molar refractivity (Wildman–Crippen MR) is 88.9 cm³/mol. The van der Waals surface area contributed by atoms with Crippen molar-refractivity contribution < 1.29 is 4.55 Å². The van der Waals surface area contributed by atoms with Crippen molar-refractivity contribution in [1.29, 1.82) is 0 Å². The maximum Gasteiger partial charge on any atom is 0.320 e. The fourth-order valence-electron chi connectivity index (χ4n) is 2.20. The van der Waals surface area contributed by atoms with Gasteiger partial charge >= 0.3 is 5.16 Å². The lowest BCUT2D eigenvalue weighted by Gasteiger charge is -2.13. The van der Waals surface area contributed by atoms with Crippen molar-refractivity contribution in [3.63, 3.8) is 0 Å². The van der Waals surface area contributed by atoms with Crippen LogP contribution in [0, 0.1) is 0 Å². The average Bonchev–Trinajstić information content (AvgIpc) is 3.10. The molecule has 3 aromatic rings. The smallest absolute Gasteiger partial charge is 0.320 e. The van der Waals surface area contributed by atoms with Gasteiger partial charge in [-0.05, 0) is 11.6 Å². The number of rotatable bonds is 6. The minimum Gasteiger partial charge on any atom is -0.609 e. The van der Waals surface area contributed by atoms with E-state index in [1.165, 1.54) is 5.56 Å². The van der Waals surface area contributed by atoms with Crippen LogP contribution in [0.15, 0.2) is 72.1 Å². The number of imidazole rings is 1. The normalized spacial score (nSPS) is 12.0. The van der Waals surface area contributed by atoms with Gasteiger partial charge in [-0.1, -0.05) is 48.5 Å². The van der Waals surface area contributed by atoms with E-state index in [0.717, 1.165) is 17.8 Å². The number of benzene rings is 2. The van der Waals surface area contributed by atoms with Crippen LogP contribution in [-0.4, -0.2) is 14.5 Å². The molecule has 5 heteroatoms. The average molecular weight is 311 g/mol. The summed E-state index contributed by atoms with van der Waals surface area (Å²) in [6, 6.07) is 18.2. The number of para-hydroxylation sites is 1. The van der Waals surface area contributed by atoms with E-state index in [1.807, 2.05) is 42.5 Å². The molecule has 0 bridgehead atoms. The Kier molecular flexibility index (Phi) is 4.78. The van der Waals surface area contributed by atoms with Gasteiger partial charge < -0.3 is 14.9 Å². The number of H-pyrrole nitrogens is 1. The molecule has 1 aromatic heterocycles. The molecule has 0 fully saturated rings. The molecule has 0 saturated carbocycles. The Balaban J connectivity index is 1.70. The second-order valence-electron chi connectivity index (χ2n) is 4.88. The lowest BCUT2D eigenvalue weighted by atomic mass is 10.2. The molecule has 2 N–H and O–H groups in total. The van der Waals surface area contributed by atoms with Crippen LogP contribution in [0.1, 0.15) is 11.1 Å². The van der Waals surface area contributed by atoms with Crippen LogP contribution < -0.4 is 5.32 Å². The van der Waals surface area contributed by atoms with Crippen molar-refractivity contribution >= 4 is 16.9 Å². The van der Waals surface area contributed by atoms with Crippen LogP contribution in [0.3, 0.4) is 0 Å². The van der Waals surface area contributed by atoms with E-state index < -0.39 is 11.2 Å². The fourth-order valence-corrected chi connectivity index (χ4v) is 3.25. The van der Waals surface area contributed by atoms with Crippen LogP contribution >= 0.6 is 0 Å². The fraction of sp³-hybridized carbons (Fsp3) is 0.118. The summed E-state index contributed by atoms with van der Waals surface area (Å²) in [4.78, 5) is 6.96. The van der Waals surface area contributed by atoms with E-state index in [4.69, 9.17) is 0 Å². The molecular formula is C17H17N3OS. The van der Waals surface area contributed by atoms with E-state index in [-0.39, 0.29) is 0 Å². The zero-order valence-electron chi connectivity index (χ0n) is 12.0. The largest absolute Gasteiger partial charge is 0.609 e. The molecule has 0 aliphatic heterocycles. The van der Waals surface area contributed by atoms with Gasteiger partial charge in [-0.3, -0.25) is 0 Å². The standard InChI is InChI=1S/C17H17N3OS/c21-22(17-18-10-11-19-17)13-15-8-4-5-9-16(15)20-12-14-6-2-1-3-7-14/h1-11,20H,12-13H2,(H,18,19). The molecule has 4 nitrogen and oxygen atoms in total. The van der Waals surface area contributed by atoms with E-state index in [2.05, 4.69) is 27.4 Å². The molecule has 0 radical (unpaired) electrons. The molecule has 0 aliphatic rings. The van der Waals surface area contributed by atoms with Gasteiger partial charge in [0.25, 0.3) is 0 Å². The molecule has 1 unspecified atom stereocenters. The molecule has 112 valence electrons. The number of hydrogen-bond acceptors (Lipinski definition) is 3. The number of anilines is 1. The van der Waals surface area contributed by atoms with Crippen LogP contribution in [0.5, 0.6) is 0 Å². The van der Waals surface area contributed by atoms with Crippen LogP contribution in [0.4, 0.5) is 5.69 Å². The first-order chi connectivity index (χ1) is 10.8. The van der Waals surface area contributed by atoms with Crippen LogP contribution in [-0.2, 0) is 23.5 Å². The van der Waals surface area contributed by atoms with E-state index in [1.54, 1.807) is 12.4 Å². The van der Waals surface area contributed by atoms with E-state index in [9.17, 15) is 4.55 Å². The Labute approximate surface area is 132 Å². The van der Waals surface area contributed by atoms with Gasteiger partial charge in [-0.25, -0.2) is 0 Å². The summed E-state index contributed by atoms with van der Waals surface area (Å²) in [5.41, 5.74) is 3.24. The molecule has 1 heterocycles. The highest BCUT2D eigenvalue weighted by molar-refractivity contribution is 7.90. The van der Waals surface area contributed by atoms with Gasteiger partial charge in [0.15, 0.2) is 0 Å². The molecule has 0 aliphatic carbocycles. The molecule has 1 atom stereocenters. The molecule has 0 saturated heterocycles. The van der Waals surface area contributed by atoms with Gasteiger partial charge in [0, 0.05) is 41.4 Å². The molecule has 2 aromatic carbocycles. The van der Waals surface area contributed by atoms with Crippen molar-refractivity contribution in [1.82, 2.24) is 9.97 Å². The summed E-state index contributed by atoms with van der Waals surface area (Å²) in [6.45, 7) is 0.741.